The average Bonchev–Trinajstić information content (AvgIpc) is 3.28. The summed E-state index contributed by atoms with van der Waals surface area (Å²) in [6.45, 7) is 6.27. The number of anilines is 1. The number of benzene rings is 2. The third-order valence-corrected chi connectivity index (χ3v) is 7.08. The Kier molecular flexibility index (Phi) is 7.18. The number of halogens is 1. The van der Waals surface area contributed by atoms with Gasteiger partial charge in [-0.15, -0.1) is 6.58 Å². The van der Waals surface area contributed by atoms with Crippen LogP contribution in [0.3, 0.4) is 0 Å². The number of rotatable bonds is 8. The highest BCUT2D eigenvalue weighted by atomic mass is 35.5. The minimum Gasteiger partial charge on any atom is -0.376 e. The predicted molar refractivity (Wildman–Crippen MR) is 119 cm³/mol. The summed E-state index contributed by atoms with van der Waals surface area (Å²) in [6.07, 6.45) is 3.33. The van der Waals surface area contributed by atoms with Crippen LogP contribution in [-0.2, 0) is 14.8 Å². The van der Waals surface area contributed by atoms with Crippen molar-refractivity contribution in [3.05, 3.63) is 71.8 Å². The summed E-state index contributed by atoms with van der Waals surface area (Å²) in [5.41, 5.74) is 0.611. The highest BCUT2D eigenvalue weighted by Crippen LogP contribution is 2.30. The Bertz CT molecular complexity index is 1020. The van der Waals surface area contributed by atoms with Gasteiger partial charge in [0.05, 0.1) is 34.3 Å². The molecule has 2 aromatic carbocycles. The Labute approximate surface area is 182 Å². The molecule has 1 amide bonds. The van der Waals surface area contributed by atoms with Crippen LogP contribution in [0.2, 0.25) is 5.02 Å². The van der Waals surface area contributed by atoms with Crippen LogP contribution in [0.1, 0.15) is 30.1 Å². The van der Waals surface area contributed by atoms with Crippen molar-refractivity contribution in [2.75, 3.05) is 17.5 Å². The van der Waals surface area contributed by atoms with Crippen molar-refractivity contribution in [1.82, 2.24) is 5.32 Å². The summed E-state index contributed by atoms with van der Waals surface area (Å²) in [6, 6.07) is 12.5. The van der Waals surface area contributed by atoms with Gasteiger partial charge in [-0.2, -0.15) is 0 Å². The van der Waals surface area contributed by atoms with Gasteiger partial charge in [0, 0.05) is 12.2 Å². The maximum Gasteiger partial charge on any atom is 0.264 e. The van der Waals surface area contributed by atoms with Gasteiger partial charge in [0.25, 0.3) is 15.9 Å². The molecule has 3 rings (SSSR count). The van der Waals surface area contributed by atoms with E-state index in [4.69, 9.17) is 16.3 Å². The number of hydrogen-bond donors (Lipinski definition) is 1. The van der Waals surface area contributed by atoms with Gasteiger partial charge >= 0.3 is 0 Å². The molecular formula is C22H25ClN2O4S. The van der Waals surface area contributed by atoms with Crippen LogP contribution in [-0.4, -0.2) is 39.6 Å². The first kappa shape index (κ1) is 22.3. The Hall–Kier alpha value is -2.35. The zero-order chi connectivity index (χ0) is 21.7. The summed E-state index contributed by atoms with van der Waals surface area (Å²) >= 11 is 6.23. The van der Waals surface area contributed by atoms with Crippen molar-refractivity contribution in [3.63, 3.8) is 0 Å². The number of amides is 1. The lowest BCUT2D eigenvalue weighted by molar-refractivity contribution is 0.0712. The molecule has 1 fully saturated rings. The molecule has 0 aliphatic carbocycles. The van der Waals surface area contributed by atoms with Crippen LogP contribution in [0.4, 0.5) is 5.69 Å². The van der Waals surface area contributed by atoms with Gasteiger partial charge < -0.3 is 10.1 Å². The minimum atomic E-state index is -3.97. The van der Waals surface area contributed by atoms with Crippen LogP contribution in [0.25, 0.3) is 0 Å². The molecule has 0 spiro atoms. The fourth-order valence-electron chi connectivity index (χ4n) is 3.40. The zero-order valence-electron chi connectivity index (χ0n) is 16.8. The van der Waals surface area contributed by atoms with E-state index in [0.29, 0.717) is 17.3 Å². The highest BCUT2D eigenvalue weighted by molar-refractivity contribution is 7.92. The molecular weight excluding hydrogens is 424 g/mol. The van der Waals surface area contributed by atoms with Crippen LogP contribution < -0.4 is 9.62 Å². The lowest BCUT2D eigenvalue weighted by Crippen LogP contribution is -2.40. The third kappa shape index (κ3) is 4.86. The molecule has 1 aliphatic rings. The lowest BCUT2D eigenvalue weighted by Gasteiger charge is -2.24. The third-order valence-electron chi connectivity index (χ3n) is 4.98. The van der Waals surface area contributed by atoms with Gasteiger partial charge in [-0.25, -0.2) is 8.42 Å². The van der Waals surface area contributed by atoms with E-state index in [-0.39, 0.29) is 35.1 Å². The molecule has 6 nitrogen and oxygen atoms in total. The largest absolute Gasteiger partial charge is 0.376 e. The first-order valence-corrected chi connectivity index (χ1v) is 11.6. The molecule has 2 unspecified atom stereocenters. The smallest absolute Gasteiger partial charge is 0.264 e. The van der Waals surface area contributed by atoms with E-state index in [1.54, 1.807) is 36.4 Å². The molecule has 0 saturated carbocycles. The van der Waals surface area contributed by atoms with Crippen LogP contribution >= 0.6 is 11.6 Å². The molecule has 8 heteroatoms. The molecule has 2 atom stereocenters. The summed E-state index contributed by atoms with van der Waals surface area (Å²) in [5.74, 6) is -0.344. The summed E-state index contributed by atoms with van der Waals surface area (Å²) in [7, 11) is -3.97. The van der Waals surface area contributed by atoms with Gasteiger partial charge in [0.15, 0.2) is 0 Å². The number of hydrogen-bond acceptors (Lipinski definition) is 4. The van der Waals surface area contributed by atoms with Crippen molar-refractivity contribution in [2.45, 2.75) is 36.8 Å². The molecule has 1 heterocycles. The van der Waals surface area contributed by atoms with E-state index in [1.807, 2.05) is 6.92 Å². The number of nitrogens with zero attached hydrogens (tertiary/aromatic N) is 1. The van der Waals surface area contributed by atoms with Crippen molar-refractivity contribution in [1.29, 1.82) is 0 Å². The van der Waals surface area contributed by atoms with E-state index in [0.717, 1.165) is 12.8 Å². The number of nitrogens with one attached hydrogen (secondary N) is 1. The summed E-state index contributed by atoms with van der Waals surface area (Å²) in [5, 5.41) is 3.21. The van der Waals surface area contributed by atoms with Crippen LogP contribution in [0.5, 0.6) is 0 Å². The predicted octanol–water partition coefficient (Wildman–Crippen LogP) is 4.02. The van der Waals surface area contributed by atoms with Crippen LogP contribution in [0, 0.1) is 0 Å². The van der Waals surface area contributed by atoms with Crippen molar-refractivity contribution < 1.29 is 17.9 Å². The molecule has 0 radical (unpaired) electrons. The van der Waals surface area contributed by atoms with Crippen molar-refractivity contribution >= 4 is 33.2 Å². The van der Waals surface area contributed by atoms with E-state index >= 15 is 0 Å². The quantitative estimate of drug-likeness (QED) is 0.619. The first-order chi connectivity index (χ1) is 14.3. The van der Waals surface area contributed by atoms with Gasteiger partial charge in [-0.3, -0.25) is 9.10 Å². The fourth-order valence-corrected chi connectivity index (χ4v) is 5.19. The summed E-state index contributed by atoms with van der Waals surface area (Å²) in [4.78, 5) is 12.7. The van der Waals surface area contributed by atoms with Gasteiger partial charge in [0.1, 0.15) is 0 Å². The molecule has 1 aliphatic heterocycles. The molecule has 1 saturated heterocycles. The molecule has 1 N–H and O–H groups in total. The average molecular weight is 449 g/mol. The zero-order valence-corrected chi connectivity index (χ0v) is 18.3. The van der Waals surface area contributed by atoms with E-state index in [2.05, 4.69) is 11.9 Å². The molecule has 160 valence electrons. The van der Waals surface area contributed by atoms with Gasteiger partial charge in [-0.1, -0.05) is 35.9 Å². The Balaban J connectivity index is 1.88. The van der Waals surface area contributed by atoms with Gasteiger partial charge in [0.2, 0.25) is 0 Å². The minimum absolute atomic E-state index is 0.00156. The monoisotopic (exact) mass is 448 g/mol. The molecule has 30 heavy (non-hydrogen) atoms. The van der Waals surface area contributed by atoms with Gasteiger partial charge in [-0.05, 0) is 50.1 Å². The normalized spacial score (nSPS) is 17.3. The maximum atomic E-state index is 13.3. The number of carbonyl (C=O) groups is 1. The summed E-state index contributed by atoms with van der Waals surface area (Å²) < 4.78 is 33.5. The Morgan fingerprint density at radius 2 is 2.10 bits per heavy atom. The SMILES string of the molecule is C=CCN(c1ccccc1Cl)S(=O)(=O)c1cccc(C(=O)NC(C)C2CCCO2)c1. The molecule has 2 aromatic rings. The second-order valence-electron chi connectivity index (χ2n) is 7.12. The standard InChI is InChI=1S/C22H25ClN2O4S/c1-3-13-25(20-11-5-4-10-19(20)23)30(27,28)18-9-6-8-17(15-18)22(26)24-16(2)21-12-7-14-29-21/h3-6,8-11,15-16,21H,1,7,12-14H2,2H3,(H,24,26). The number of para-hydroxylation sites is 1. The van der Waals surface area contributed by atoms with Crippen LogP contribution in [0.15, 0.2) is 66.1 Å². The number of ether oxygens (including phenoxy) is 1. The van der Waals surface area contributed by atoms with E-state index in [1.165, 1.54) is 22.5 Å². The maximum absolute atomic E-state index is 13.3. The second kappa shape index (κ2) is 9.64. The molecule has 0 bridgehead atoms. The number of sulfonamides is 1. The fraction of sp³-hybridized carbons (Fsp3) is 0.318. The van der Waals surface area contributed by atoms with Crippen molar-refractivity contribution in [2.24, 2.45) is 0 Å². The Morgan fingerprint density at radius 1 is 1.33 bits per heavy atom. The first-order valence-electron chi connectivity index (χ1n) is 9.75. The Morgan fingerprint density at radius 3 is 2.77 bits per heavy atom. The topological polar surface area (TPSA) is 75.7 Å². The highest BCUT2D eigenvalue weighted by Gasteiger charge is 2.27. The second-order valence-corrected chi connectivity index (χ2v) is 9.39. The molecule has 0 aromatic heterocycles. The number of carbonyl (C=O) groups excluding carboxylic acids is 1. The lowest BCUT2D eigenvalue weighted by atomic mass is 10.1. The van der Waals surface area contributed by atoms with E-state index < -0.39 is 10.0 Å². The van der Waals surface area contributed by atoms with Crippen molar-refractivity contribution in [3.8, 4) is 0 Å². The van der Waals surface area contributed by atoms with E-state index in [9.17, 15) is 13.2 Å².